The number of halogens is 1. The summed E-state index contributed by atoms with van der Waals surface area (Å²) in [6, 6.07) is 21.0. The molecular formula is C24H22FNO. The predicted molar refractivity (Wildman–Crippen MR) is 106 cm³/mol. The number of amides is 1. The SMILES string of the molecule is NC(=O)c1cccc(-c2ccc(CC[C@@H]3Cc4ccc(F)cc4C3)cc2)c1. The van der Waals surface area contributed by atoms with Crippen LogP contribution < -0.4 is 5.73 Å². The highest BCUT2D eigenvalue weighted by atomic mass is 19.1. The molecule has 0 fully saturated rings. The third-order valence-electron chi connectivity index (χ3n) is 5.46. The van der Waals surface area contributed by atoms with E-state index in [-0.39, 0.29) is 5.82 Å². The van der Waals surface area contributed by atoms with Gasteiger partial charge < -0.3 is 5.73 Å². The van der Waals surface area contributed by atoms with E-state index in [1.165, 1.54) is 16.7 Å². The summed E-state index contributed by atoms with van der Waals surface area (Å²) in [7, 11) is 0. The summed E-state index contributed by atoms with van der Waals surface area (Å²) in [6.07, 6.45) is 4.15. The zero-order valence-electron chi connectivity index (χ0n) is 15.1. The van der Waals surface area contributed by atoms with E-state index in [2.05, 4.69) is 24.3 Å². The van der Waals surface area contributed by atoms with Crippen LogP contribution >= 0.6 is 0 Å². The number of hydrogen-bond donors (Lipinski definition) is 1. The molecule has 1 aliphatic rings. The monoisotopic (exact) mass is 359 g/mol. The number of hydrogen-bond acceptors (Lipinski definition) is 1. The molecule has 1 amide bonds. The predicted octanol–water partition coefficient (Wildman–Crippen LogP) is 4.94. The van der Waals surface area contributed by atoms with Crippen LogP contribution in [0.4, 0.5) is 4.39 Å². The topological polar surface area (TPSA) is 43.1 Å². The van der Waals surface area contributed by atoms with Crippen molar-refractivity contribution in [1.82, 2.24) is 0 Å². The van der Waals surface area contributed by atoms with Gasteiger partial charge in [0.05, 0.1) is 0 Å². The van der Waals surface area contributed by atoms with Crippen molar-refractivity contribution < 1.29 is 9.18 Å². The first-order valence-electron chi connectivity index (χ1n) is 9.35. The molecule has 4 rings (SSSR count). The van der Waals surface area contributed by atoms with Gasteiger partial charge in [-0.15, -0.1) is 0 Å². The van der Waals surface area contributed by atoms with E-state index >= 15 is 0 Å². The summed E-state index contributed by atoms with van der Waals surface area (Å²) in [6.45, 7) is 0. The fraction of sp³-hybridized carbons (Fsp3) is 0.208. The van der Waals surface area contributed by atoms with E-state index < -0.39 is 5.91 Å². The lowest BCUT2D eigenvalue weighted by Gasteiger charge is -2.10. The zero-order chi connectivity index (χ0) is 18.8. The summed E-state index contributed by atoms with van der Waals surface area (Å²) in [4.78, 5) is 11.4. The number of aryl methyl sites for hydroxylation is 1. The second kappa shape index (κ2) is 7.36. The standard InChI is InChI=1S/C24H22FNO/c25-23-11-10-20-12-17(13-22(20)15-23)5-4-16-6-8-18(9-7-16)19-2-1-3-21(14-19)24(26)27/h1-3,6-11,14-15,17H,4-5,12-13H2,(H2,26,27)/t17-/m1/s1. The van der Waals surface area contributed by atoms with Crippen LogP contribution in [0.3, 0.4) is 0 Å². The molecule has 0 heterocycles. The minimum atomic E-state index is -0.411. The molecule has 0 saturated heterocycles. The van der Waals surface area contributed by atoms with Crippen LogP contribution in [0.15, 0.2) is 66.7 Å². The summed E-state index contributed by atoms with van der Waals surface area (Å²) in [5, 5.41) is 0. The molecule has 2 nitrogen and oxygen atoms in total. The number of rotatable bonds is 5. The number of carbonyl (C=O) groups excluding carboxylic acids is 1. The first kappa shape index (κ1) is 17.5. The lowest BCUT2D eigenvalue weighted by Crippen LogP contribution is -2.10. The van der Waals surface area contributed by atoms with Crippen molar-refractivity contribution in [2.75, 3.05) is 0 Å². The Labute approximate surface area is 158 Å². The lowest BCUT2D eigenvalue weighted by molar-refractivity contribution is 0.100. The molecule has 136 valence electrons. The second-order valence-corrected chi connectivity index (χ2v) is 7.37. The number of carbonyl (C=O) groups is 1. The lowest BCUT2D eigenvalue weighted by atomic mass is 9.95. The molecule has 0 saturated carbocycles. The maximum Gasteiger partial charge on any atom is 0.248 e. The zero-order valence-corrected chi connectivity index (χ0v) is 15.1. The summed E-state index contributed by atoms with van der Waals surface area (Å²) >= 11 is 0. The van der Waals surface area contributed by atoms with Gasteiger partial charge in [0.25, 0.3) is 0 Å². The maximum atomic E-state index is 13.4. The molecule has 1 aliphatic carbocycles. The molecule has 3 heteroatoms. The van der Waals surface area contributed by atoms with Crippen LogP contribution in [-0.4, -0.2) is 5.91 Å². The van der Waals surface area contributed by atoms with Gasteiger partial charge in [-0.25, -0.2) is 4.39 Å². The maximum absolute atomic E-state index is 13.4. The average molecular weight is 359 g/mol. The Morgan fingerprint density at radius 1 is 0.926 bits per heavy atom. The first-order chi connectivity index (χ1) is 13.1. The summed E-state index contributed by atoms with van der Waals surface area (Å²) in [5.41, 5.74) is 11.7. The van der Waals surface area contributed by atoms with Crippen molar-refractivity contribution in [3.05, 3.63) is 94.8 Å². The van der Waals surface area contributed by atoms with Crippen LogP contribution in [0.2, 0.25) is 0 Å². The summed E-state index contributed by atoms with van der Waals surface area (Å²) in [5.74, 6) is 0.0463. The van der Waals surface area contributed by atoms with Crippen LogP contribution in [0.25, 0.3) is 11.1 Å². The average Bonchev–Trinajstić information content (AvgIpc) is 3.09. The van der Waals surface area contributed by atoms with Gasteiger partial charge in [-0.05, 0) is 83.7 Å². The van der Waals surface area contributed by atoms with Crippen molar-refractivity contribution in [1.29, 1.82) is 0 Å². The van der Waals surface area contributed by atoms with Gasteiger partial charge in [-0.1, -0.05) is 42.5 Å². The molecule has 0 spiro atoms. The van der Waals surface area contributed by atoms with Crippen molar-refractivity contribution in [2.45, 2.75) is 25.7 Å². The number of benzene rings is 3. The van der Waals surface area contributed by atoms with Crippen molar-refractivity contribution in [3.8, 4) is 11.1 Å². The molecule has 2 N–H and O–H groups in total. The molecular weight excluding hydrogens is 337 g/mol. The number of primary amides is 1. The highest BCUT2D eigenvalue weighted by molar-refractivity contribution is 5.94. The van der Waals surface area contributed by atoms with Crippen LogP contribution in [-0.2, 0) is 19.3 Å². The van der Waals surface area contributed by atoms with Gasteiger partial charge >= 0.3 is 0 Å². The van der Waals surface area contributed by atoms with E-state index in [0.717, 1.165) is 36.8 Å². The van der Waals surface area contributed by atoms with Crippen LogP contribution in [0, 0.1) is 11.7 Å². The highest BCUT2D eigenvalue weighted by Crippen LogP contribution is 2.30. The van der Waals surface area contributed by atoms with E-state index in [1.54, 1.807) is 18.2 Å². The van der Waals surface area contributed by atoms with Gasteiger partial charge in [0.2, 0.25) is 5.91 Å². The first-order valence-corrected chi connectivity index (χ1v) is 9.35. The van der Waals surface area contributed by atoms with Crippen molar-refractivity contribution in [2.24, 2.45) is 11.7 Å². The Morgan fingerprint density at radius 2 is 1.70 bits per heavy atom. The van der Waals surface area contributed by atoms with Crippen LogP contribution in [0.1, 0.15) is 33.5 Å². The molecule has 0 unspecified atom stereocenters. The number of fused-ring (bicyclic) bond motifs is 1. The Hall–Kier alpha value is -2.94. The summed E-state index contributed by atoms with van der Waals surface area (Å²) < 4.78 is 13.4. The molecule has 3 aromatic rings. The van der Waals surface area contributed by atoms with Gasteiger partial charge in [0.15, 0.2) is 0 Å². The van der Waals surface area contributed by atoms with E-state index in [4.69, 9.17) is 5.73 Å². The Kier molecular flexibility index (Phi) is 4.76. The second-order valence-electron chi connectivity index (χ2n) is 7.37. The van der Waals surface area contributed by atoms with Crippen molar-refractivity contribution >= 4 is 5.91 Å². The van der Waals surface area contributed by atoms with E-state index in [0.29, 0.717) is 11.5 Å². The normalized spacial score (nSPS) is 15.5. The Balaban J connectivity index is 1.39. The highest BCUT2D eigenvalue weighted by Gasteiger charge is 2.21. The third-order valence-corrected chi connectivity index (χ3v) is 5.46. The molecule has 3 aromatic carbocycles. The molecule has 27 heavy (non-hydrogen) atoms. The van der Waals surface area contributed by atoms with E-state index in [9.17, 15) is 9.18 Å². The number of nitrogens with two attached hydrogens (primary N) is 1. The quantitative estimate of drug-likeness (QED) is 0.689. The van der Waals surface area contributed by atoms with Crippen LogP contribution in [0.5, 0.6) is 0 Å². The fourth-order valence-electron chi connectivity index (χ4n) is 3.97. The fourth-order valence-corrected chi connectivity index (χ4v) is 3.97. The van der Waals surface area contributed by atoms with Gasteiger partial charge in [0.1, 0.15) is 5.82 Å². The third kappa shape index (κ3) is 3.92. The molecule has 0 radical (unpaired) electrons. The minimum absolute atomic E-state index is 0.134. The van der Waals surface area contributed by atoms with Gasteiger partial charge in [0, 0.05) is 5.56 Å². The van der Waals surface area contributed by atoms with E-state index in [1.807, 2.05) is 24.3 Å². The van der Waals surface area contributed by atoms with Crippen molar-refractivity contribution in [3.63, 3.8) is 0 Å². The Bertz CT molecular complexity index is 978. The largest absolute Gasteiger partial charge is 0.366 e. The van der Waals surface area contributed by atoms with Gasteiger partial charge in [-0.2, -0.15) is 0 Å². The molecule has 0 bridgehead atoms. The smallest absolute Gasteiger partial charge is 0.248 e. The molecule has 0 aliphatic heterocycles. The molecule has 0 aromatic heterocycles. The Morgan fingerprint density at radius 3 is 2.48 bits per heavy atom. The minimum Gasteiger partial charge on any atom is -0.366 e. The molecule has 1 atom stereocenters. The van der Waals surface area contributed by atoms with Gasteiger partial charge in [-0.3, -0.25) is 4.79 Å².